The summed E-state index contributed by atoms with van der Waals surface area (Å²) < 4.78 is 67.8. The molecule has 0 radical (unpaired) electrons. The normalized spacial score (nSPS) is 14.7. The van der Waals surface area contributed by atoms with Crippen LogP contribution >= 0.6 is 0 Å². The number of carbonyl (C=O) groups is 1. The molecule has 12 aromatic rings. The highest BCUT2D eigenvalue weighted by Crippen LogP contribution is 2.40. The third kappa shape index (κ3) is 12.1. The number of hydrogen-bond donors (Lipinski definition) is 3. The minimum absolute atomic E-state index is 0.0594. The standard InChI is InChI=1S/C28H29FN6O2.C24H22FN5O.C20H19FN6O/c1-18-17-35-26(32-18)22(19-3-5-20(6-4-19)27(36)34-12-10-33(2)11-13-34)15-30-28(35)31-16-23-21-9-14-37-25(21)8-7-24(23)29;1-14-13-30-23(29-14)18(16-4-6-21(26-10-16)15-2-3-15)11-27-24(30)28-12-19-17-8-9-31-22(17)7-5-20(19)25;1-12-11-27-19(25-12)15(17-5-7-24-26(17)2)10-23-20(27)22-9-14-13-6-8-28-18(13)4-3-16(14)21/h3-8,15,17H,9-14,16H2,1-2H3,(H,30,31);4-7,10-11,13,15H,2-3,8-9,12H2,1H3,(H,27,28);3-5,7,10-11H,6,8-9H2,1-2H3,(H,22,23). The van der Waals surface area contributed by atoms with Crippen LogP contribution in [0.4, 0.5) is 31.0 Å². The fourth-order valence-corrected chi connectivity index (χ4v) is 13.1. The van der Waals surface area contributed by atoms with Crippen LogP contribution in [0.2, 0.25) is 0 Å². The van der Waals surface area contributed by atoms with Gasteiger partial charge in [0, 0.05) is 189 Å². The van der Waals surface area contributed by atoms with Crippen molar-refractivity contribution in [2.75, 3.05) is 69.0 Å². The van der Waals surface area contributed by atoms with E-state index in [1.165, 1.54) is 31.0 Å². The molecule has 1 amide bonds. The van der Waals surface area contributed by atoms with E-state index in [-0.39, 0.29) is 23.4 Å². The number of imidazole rings is 3. The van der Waals surface area contributed by atoms with Crippen LogP contribution in [0, 0.1) is 38.2 Å². The van der Waals surface area contributed by atoms with Gasteiger partial charge in [0.2, 0.25) is 17.8 Å². The second-order valence-electron chi connectivity index (χ2n) is 24.8. The van der Waals surface area contributed by atoms with Crippen LogP contribution in [-0.4, -0.2) is 127 Å². The largest absolute Gasteiger partial charge is 0.493 e. The van der Waals surface area contributed by atoms with E-state index in [1.54, 1.807) is 41.5 Å². The van der Waals surface area contributed by atoms with E-state index >= 15 is 0 Å². The SMILES string of the molecule is Cc1cn2c(NCc3c(F)ccc4c3CCO4)ncc(-c3ccc(C(=O)N4CCN(C)CC4)cc3)c2n1.Cc1cn2c(NCc3c(F)ccc4c3CCO4)ncc(-c3ccc(C4CC4)nc3)c2n1.Cc1cn2c(NCc3c(F)ccc4c3CCO4)ncc(-c3ccnn3C)c2n1. The number of pyridine rings is 1. The zero-order valence-corrected chi connectivity index (χ0v) is 53.8. The summed E-state index contributed by atoms with van der Waals surface area (Å²) in [5.41, 5.74) is 16.9. The Hall–Kier alpha value is -10.9. The van der Waals surface area contributed by atoms with Crippen LogP contribution in [0.15, 0.2) is 128 Å². The fourth-order valence-electron chi connectivity index (χ4n) is 13.1. The highest BCUT2D eigenvalue weighted by atomic mass is 19.1. The van der Waals surface area contributed by atoms with Gasteiger partial charge < -0.3 is 40.0 Å². The van der Waals surface area contributed by atoms with Crippen molar-refractivity contribution >= 4 is 40.7 Å². The molecule has 4 aliphatic heterocycles. The van der Waals surface area contributed by atoms with E-state index in [0.29, 0.717) is 91.9 Å². The third-order valence-electron chi connectivity index (χ3n) is 18.3. The number of nitrogens with zero attached hydrogens (tertiary/aromatic N) is 14. The lowest BCUT2D eigenvalue weighted by Gasteiger charge is -2.32. The molecule has 17 rings (SSSR count). The third-order valence-corrected chi connectivity index (χ3v) is 18.3. The molecule has 96 heavy (non-hydrogen) atoms. The molecule has 1 saturated carbocycles. The number of halogens is 3. The smallest absolute Gasteiger partial charge is 0.253 e. The number of amides is 1. The van der Waals surface area contributed by atoms with E-state index in [0.717, 1.165) is 146 Å². The average molecular weight is 1290 g/mol. The van der Waals surface area contributed by atoms with E-state index in [4.69, 9.17) is 24.2 Å². The number of fused-ring (bicyclic) bond motifs is 6. The molecule has 1 saturated heterocycles. The van der Waals surface area contributed by atoms with Gasteiger partial charge in [0.15, 0.2) is 5.65 Å². The van der Waals surface area contributed by atoms with Crippen LogP contribution in [0.5, 0.6) is 17.2 Å². The maximum Gasteiger partial charge on any atom is 0.253 e. The topological polar surface area (TPSA) is 209 Å². The number of hydrogen-bond acceptors (Lipinski definition) is 16. The zero-order valence-electron chi connectivity index (χ0n) is 53.8. The Morgan fingerprint density at radius 2 is 0.948 bits per heavy atom. The highest BCUT2D eigenvalue weighted by Gasteiger charge is 2.27. The number of aromatic nitrogens is 12. The Kier molecular flexibility index (Phi) is 16.5. The molecule has 0 unspecified atom stereocenters. The molecule has 4 aromatic carbocycles. The number of carbonyl (C=O) groups excluding carboxylic acids is 1. The molecule has 0 spiro atoms. The first kappa shape index (κ1) is 61.3. The Morgan fingerprint density at radius 1 is 0.510 bits per heavy atom. The van der Waals surface area contributed by atoms with E-state index in [1.807, 2.05) is 107 Å². The summed E-state index contributed by atoms with van der Waals surface area (Å²) in [6, 6.07) is 23.2. The Bertz CT molecular complexity index is 4940. The first-order valence-electron chi connectivity index (χ1n) is 32.3. The molecule has 24 heteroatoms. The van der Waals surface area contributed by atoms with Crippen molar-refractivity contribution in [1.82, 2.24) is 67.7 Å². The van der Waals surface area contributed by atoms with E-state index in [9.17, 15) is 18.0 Å². The number of likely N-dealkylation sites (N-methyl/N-ethyl adjacent to an activating group) is 1. The number of nitrogens with one attached hydrogen (secondary N) is 3. The lowest BCUT2D eigenvalue weighted by Crippen LogP contribution is -2.47. The van der Waals surface area contributed by atoms with Crippen LogP contribution in [-0.2, 0) is 45.9 Å². The number of rotatable bonds is 14. The predicted molar refractivity (Wildman–Crippen MR) is 358 cm³/mol. The Balaban J connectivity index is 0.000000119. The summed E-state index contributed by atoms with van der Waals surface area (Å²) in [6.45, 7) is 11.8. The number of piperazine rings is 1. The van der Waals surface area contributed by atoms with Crippen molar-refractivity contribution in [3.63, 3.8) is 0 Å². The van der Waals surface area contributed by atoms with Gasteiger partial charge in [0.05, 0.1) is 48.2 Å². The summed E-state index contributed by atoms with van der Waals surface area (Å²) in [6.07, 6.45) is 19.4. The van der Waals surface area contributed by atoms with Gasteiger partial charge >= 0.3 is 0 Å². The van der Waals surface area contributed by atoms with Crippen LogP contribution in [0.1, 0.15) is 85.3 Å². The van der Waals surface area contributed by atoms with Gasteiger partial charge in [-0.3, -0.25) is 27.7 Å². The van der Waals surface area contributed by atoms with Crippen molar-refractivity contribution in [3.05, 3.63) is 208 Å². The lowest BCUT2D eigenvalue weighted by atomic mass is 10.0. The predicted octanol–water partition coefficient (Wildman–Crippen LogP) is 11.6. The number of aryl methyl sites for hydroxylation is 4. The van der Waals surface area contributed by atoms with Crippen molar-refractivity contribution in [2.45, 2.75) is 78.4 Å². The Morgan fingerprint density at radius 3 is 1.38 bits per heavy atom. The van der Waals surface area contributed by atoms with Gasteiger partial charge in [-0.25, -0.2) is 43.1 Å². The maximum absolute atomic E-state index is 14.6. The summed E-state index contributed by atoms with van der Waals surface area (Å²) in [4.78, 5) is 49.7. The first-order chi connectivity index (χ1) is 46.8. The monoisotopic (exact) mass is 1290 g/mol. The fraction of sp³-hybridized carbons (Fsp3) is 0.292. The van der Waals surface area contributed by atoms with Crippen LogP contribution in [0.3, 0.4) is 0 Å². The van der Waals surface area contributed by atoms with E-state index < -0.39 is 0 Å². The summed E-state index contributed by atoms with van der Waals surface area (Å²) >= 11 is 0. The molecule has 3 N–H and O–H groups in total. The Labute approximate surface area is 551 Å². The molecule has 0 atom stereocenters. The molecule has 21 nitrogen and oxygen atoms in total. The van der Waals surface area contributed by atoms with Gasteiger partial charge in [0.25, 0.3) is 5.91 Å². The van der Waals surface area contributed by atoms with Gasteiger partial charge in [0.1, 0.15) is 46.0 Å². The summed E-state index contributed by atoms with van der Waals surface area (Å²) in [7, 11) is 3.96. The number of anilines is 3. The molecular weight excluding hydrogens is 1220 g/mol. The molecule has 5 aliphatic rings. The number of benzene rings is 4. The molecule has 2 fully saturated rings. The molecule has 12 heterocycles. The van der Waals surface area contributed by atoms with Crippen LogP contribution in [0.25, 0.3) is 50.5 Å². The highest BCUT2D eigenvalue weighted by molar-refractivity contribution is 5.95. The van der Waals surface area contributed by atoms with Gasteiger partial charge in [-0.2, -0.15) is 5.10 Å². The van der Waals surface area contributed by atoms with E-state index in [2.05, 4.69) is 70.0 Å². The lowest BCUT2D eigenvalue weighted by molar-refractivity contribution is 0.0664. The molecular formula is C72H70F3N17O4. The van der Waals surface area contributed by atoms with Gasteiger partial charge in [-0.1, -0.05) is 18.2 Å². The van der Waals surface area contributed by atoms with Crippen molar-refractivity contribution in [1.29, 1.82) is 0 Å². The average Bonchev–Trinajstić information content (AvgIpc) is 1.49. The van der Waals surface area contributed by atoms with Crippen molar-refractivity contribution < 1.29 is 32.2 Å². The summed E-state index contributed by atoms with van der Waals surface area (Å²) in [5, 5.41) is 14.1. The summed E-state index contributed by atoms with van der Waals surface area (Å²) in [5.74, 6) is 4.06. The van der Waals surface area contributed by atoms with Crippen molar-refractivity contribution in [2.24, 2.45) is 7.05 Å². The maximum atomic E-state index is 14.6. The first-order valence-corrected chi connectivity index (χ1v) is 32.3. The van der Waals surface area contributed by atoms with Gasteiger partial charge in [-0.15, -0.1) is 0 Å². The number of ether oxygens (including phenoxy) is 3. The minimum atomic E-state index is -0.252. The molecule has 0 bridgehead atoms. The van der Waals surface area contributed by atoms with Crippen molar-refractivity contribution in [3.8, 4) is 50.8 Å². The molecule has 488 valence electrons. The van der Waals surface area contributed by atoms with Crippen LogP contribution < -0.4 is 30.2 Å². The molecule has 1 aliphatic carbocycles. The second kappa shape index (κ2) is 25.8. The quantitative estimate of drug-likeness (QED) is 0.0925. The molecule has 8 aromatic heterocycles. The van der Waals surface area contributed by atoms with Gasteiger partial charge in [-0.05, 0) is 107 Å². The second-order valence-corrected chi connectivity index (χ2v) is 24.8. The minimum Gasteiger partial charge on any atom is -0.493 e. The zero-order chi connectivity index (χ0) is 65.7.